The van der Waals surface area contributed by atoms with Gasteiger partial charge in [-0.25, -0.2) is 15.0 Å². The fraction of sp³-hybridized carbons (Fsp3) is 0.467. The molecule has 0 spiro atoms. The molecule has 0 radical (unpaired) electrons. The van der Waals surface area contributed by atoms with Gasteiger partial charge in [0.2, 0.25) is 29.6 Å². The summed E-state index contributed by atoms with van der Waals surface area (Å²) in [6.07, 6.45) is 10.9. The van der Waals surface area contributed by atoms with Crippen LogP contribution in [0.1, 0.15) is 143 Å². The average Bonchev–Trinajstić information content (AvgIpc) is 4.33. The Kier molecular flexibility index (Phi) is 19.1. The molecule has 0 bridgehead atoms. The van der Waals surface area contributed by atoms with Gasteiger partial charge in [-0.15, -0.1) is 11.3 Å². The highest BCUT2D eigenvalue weighted by Crippen LogP contribution is 2.32. The van der Waals surface area contributed by atoms with E-state index < -0.39 is 23.6 Å². The monoisotopic (exact) mass is 1090 g/mol. The molecule has 5 amide bonds. The largest absolute Gasteiger partial charge is 0.391 e. The fourth-order valence-electron chi connectivity index (χ4n) is 10.4. The van der Waals surface area contributed by atoms with E-state index in [9.17, 15) is 29.1 Å². The van der Waals surface area contributed by atoms with E-state index in [4.69, 9.17) is 4.98 Å². The van der Waals surface area contributed by atoms with Crippen LogP contribution in [0.4, 0.5) is 11.6 Å². The summed E-state index contributed by atoms with van der Waals surface area (Å²) in [5, 5.41) is 23.0. The standard InChI is InChI=1S/C60H76N12O6S/c1-37-31-63-59(69-53(37)44-28-50-57(77)71(39(3)32-70(50)33-44)34-47-17-15-16-38(2)65-47)67-46-25-26-61-45(29-46)24-27-62-51(74)18-13-11-9-10-12-14-19-52(75)68-55(60(6,7)8)58(78)72-35-48(73)30-49(72)56(76)66-40(4)42-20-22-43(23-21-42)54-41(5)64-36-79-54/h15-17,20-23,25-26,28-29,31,33,36,39-40,48-49,55,73H,9-14,18-19,24,27,30,32,34-35H2,1-8H3,(H,62,74)(H,66,76)(H,68,75)(H,61,63,67,69)/t39-,40+,48-,49+,55-/m1/s1. The first kappa shape index (κ1) is 57.8. The number of aryl methyl sites for hydroxylation is 3. The van der Waals surface area contributed by atoms with Gasteiger partial charge in [0.1, 0.15) is 17.8 Å². The van der Waals surface area contributed by atoms with Crippen LogP contribution in [0.2, 0.25) is 0 Å². The van der Waals surface area contributed by atoms with Gasteiger partial charge < -0.3 is 40.7 Å². The highest BCUT2D eigenvalue weighted by Gasteiger charge is 2.45. The summed E-state index contributed by atoms with van der Waals surface area (Å²) in [7, 11) is 0. The summed E-state index contributed by atoms with van der Waals surface area (Å²) in [6, 6.07) is 17.4. The molecule has 0 aliphatic carbocycles. The number of aliphatic hydroxyl groups excluding tert-OH is 1. The first-order chi connectivity index (χ1) is 37.8. The summed E-state index contributed by atoms with van der Waals surface area (Å²) in [6.45, 7) is 17.0. The first-order valence-electron chi connectivity index (χ1n) is 27.7. The molecular weight excluding hydrogens is 1020 g/mol. The number of hydrogen-bond donors (Lipinski definition) is 5. The molecule has 6 aromatic rings. The van der Waals surface area contributed by atoms with Crippen LogP contribution < -0.4 is 21.3 Å². The minimum atomic E-state index is -0.886. The third kappa shape index (κ3) is 15.1. The van der Waals surface area contributed by atoms with Gasteiger partial charge in [0, 0.05) is 92.6 Å². The van der Waals surface area contributed by atoms with Gasteiger partial charge in [-0.1, -0.05) is 76.8 Å². The molecule has 5 aromatic heterocycles. The number of nitrogens with zero attached hydrogens (tertiary/aromatic N) is 8. The van der Waals surface area contributed by atoms with E-state index in [0.717, 1.165) is 93.4 Å². The molecule has 2 aliphatic heterocycles. The first-order valence-corrected chi connectivity index (χ1v) is 28.5. The maximum atomic E-state index is 14.1. The number of likely N-dealkylation sites (tertiary alicyclic amines) is 1. The molecule has 19 heteroatoms. The van der Waals surface area contributed by atoms with E-state index in [-0.39, 0.29) is 61.0 Å². The zero-order chi connectivity index (χ0) is 56.4. The number of fused-ring (bicyclic) bond motifs is 1. The van der Waals surface area contributed by atoms with Crippen molar-refractivity contribution >= 4 is 52.5 Å². The SMILES string of the molecule is Cc1cccc(CN2C(=O)c3cc(-c4nc(Nc5ccnc(CCNC(=O)CCCCCCCCC(=O)N[C@H](C(=O)N6C[C@H](O)C[C@H]6C(=O)N[C@@H](C)c6ccc(-c7scnc7C)cc6)C(C)(C)C)c5)ncc4C)cn3C[C@H]2C)n1. The van der Waals surface area contributed by atoms with E-state index >= 15 is 0 Å². The Hall–Kier alpha value is -7.38. The van der Waals surface area contributed by atoms with Gasteiger partial charge >= 0.3 is 0 Å². The second kappa shape index (κ2) is 26.1. The van der Waals surface area contributed by atoms with E-state index in [1.165, 1.54) is 4.90 Å². The van der Waals surface area contributed by atoms with Crippen molar-refractivity contribution in [1.29, 1.82) is 0 Å². The van der Waals surface area contributed by atoms with Crippen LogP contribution in [0.15, 0.2) is 84.8 Å². The lowest BCUT2D eigenvalue weighted by molar-refractivity contribution is -0.144. The number of rotatable bonds is 23. The lowest BCUT2D eigenvalue weighted by Gasteiger charge is -2.35. The number of aliphatic hydroxyl groups is 1. The number of unbranched alkanes of at least 4 members (excludes halogenated alkanes) is 5. The van der Waals surface area contributed by atoms with Crippen molar-refractivity contribution < 1.29 is 29.1 Å². The van der Waals surface area contributed by atoms with Crippen LogP contribution in [-0.4, -0.2) is 111 Å². The van der Waals surface area contributed by atoms with E-state index in [2.05, 4.69) is 48.1 Å². The molecule has 5 atom stereocenters. The number of hydrogen-bond acceptors (Lipinski definition) is 13. The molecule has 8 rings (SSSR count). The van der Waals surface area contributed by atoms with Crippen molar-refractivity contribution in [2.45, 2.75) is 163 Å². The lowest BCUT2D eigenvalue weighted by atomic mass is 9.85. The third-order valence-corrected chi connectivity index (χ3v) is 15.8. The number of benzene rings is 1. The summed E-state index contributed by atoms with van der Waals surface area (Å²) >= 11 is 1.58. The molecule has 1 fully saturated rings. The zero-order valence-corrected chi connectivity index (χ0v) is 47.7. The van der Waals surface area contributed by atoms with E-state index in [0.29, 0.717) is 50.5 Å². The number of nitrogens with one attached hydrogen (secondary N) is 4. The quantitative estimate of drug-likeness (QED) is 0.0380. The van der Waals surface area contributed by atoms with Crippen molar-refractivity contribution in [2.24, 2.45) is 5.41 Å². The number of amides is 5. The van der Waals surface area contributed by atoms with Crippen LogP contribution in [0.5, 0.6) is 0 Å². The van der Waals surface area contributed by atoms with E-state index in [1.54, 1.807) is 23.7 Å². The molecule has 18 nitrogen and oxygen atoms in total. The fourth-order valence-corrected chi connectivity index (χ4v) is 11.2. The molecule has 7 heterocycles. The molecule has 418 valence electrons. The van der Waals surface area contributed by atoms with Crippen LogP contribution in [0, 0.1) is 26.2 Å². The van der Waals surface area contributed by atoms with Crippen LogP contribution in [0.25, 0.3) is 21.7 Å². The lowest BCUT2D eigenvalue weighted by Crippen LogP contribution is -2.57. The molecule has 2 aliphatic rings. The van der Waals surface area contributed by atoms with Crippen LogP contribution in [0.3, 0.4) is 0 Å². The van der Waals surface area contributed by atoms with E-state index in [1.807, 2.05) is 130 Å². The van der Waals surface area contributed by atoms with Gasteiger partial charge in [-0.3, -0.25) is 33.9 Å². The van der Waals surface area contributed by atoms with Gasteiger partial charge in [0.15, 0.2) is 0 Å². The predicted octanol–water partition coefficient (Wildman–Crippen LogP) is 8.72. The molecule has 1 saturated heterocycles. The van der Waals surface area contributed by atoms with Gasteiger partial charge in [-0.2, -0.15) is 0 Å². The molecule has 1 aromatic carbocycles. The number of carbonyl (C=O) groups is 5. The number of β-amino-alcohol motifs (C(OH)–C–C–N with tert-alkyl or cyclic N) is 1. The molecule has 0 unspecified atom stereocenters. The summed E-state index contributed by atoms with van der Waals surface area (Å²) in [5.41, 5.74) is 10.5. The van der Waals surface area contributed by atoms with Crippen molar-refractivity contribution in [3.63, 3.8) is 0 Å². The minimum absolute atomic E-state index is 0.00929. The number of anilines is 2. The maximum Gasteiger partial charge on any atom is 0.271 e. The van der Waals surface area contributed by atoms with Crippen molar-refractivity contribution in [1.82, 2.24) is 55.2 Å². The Morgan fingerprint density at radius 3 is 2.28 bits per heavy atom. The molecule has 5 N–H and O–H groups in total. The Morgan fingerprint density at radius 2 is 1.57 bits per heavy atom. The van der Waals surface area contributed by atoms with Crippen molar-refractivity contribution in [2.75, 3.05) is 18.4 Å². The highest BCUT2D eigenvalue weighted by molar-refractivity contribution is 7.13. The van der Waals surface area contributed by atoms with Crippen LogP contribution >= 0.6 is 11.3 Å². The van der Waals surface area contributed by atoms with Crippen molar-refractivity contribution in [3.8, 4) is 21.7 Å². The number of aromatic nitrogens is 6. The Morgan fingerprint density at radius 1 is 0.835 bits per heavy atom. The van der Waals surface area contributed by atoms with Crippen LogP contribution in [-0.2, 0) is 38.7 Å². The van der Waals surface area contributed by atoms with Gasteiger partial charge in [0.25, 0.3) is 5.91 Å². The minimum Gasteiger partial charge on any atom is -0.391 e. The number of carbonyl (C=O) groups excluding carboxylic acids is 5. The molecule has 0 saturated carbocycles. The molecular formula is C60H76N12O6S. The number of pyridine rings is 2. The summed E-state index contributed by atoms with van der Waals surface area (Å²) < 4.78 is 2.01. The Bertz CT molecular complexity index is 3110. The highest BCUT2D eigenvalue weighted by atomic mass is 32.1. The van der Waals surface area contributed by atoms with Crippen molar-refractivity contribution in [3.05, 3.63) is 124 Å². The topological polar surface area (TPSA) is 230 Å². The average molecular weight is 1090 g/mol. The normalized spacial score (nSPS) is 17.0. The van der Waals surface area contributed by atoms with Gasteiger partial charge in [-0.05, 0) is 99.9 Å². The number of thiazole rings is 1. The Labute approximate surface area is 467 Å². The molecule has 79 heavy (non-hydrogen) atoms. The smallest absolute Gasteiger partial charge is 0.271 e. The second-order valence-electron chi connectivity index (χ2n) is 22.3. The summed E-state index contributed by atoms with van der Waals surface area (Å²) in [4.78, 5) is 94.8. The zero-order valence-electron chi connectivity index (χ0n) is 46.8. The Balaban J connectivity index is 0.715. The third-order valence-electron chi connectivity index (χ3n) is 14.8. The summed E-state index contributed by atoms with van der Waals surface area (Å²) in [5.74, 6) is -0.603. The van der Waals surface area contributed by atoms with Gasteiger partial charge in [0.05, 0.1) is 46.2 Å². The second-order valence-corrected chi connectivity index (χ2v) is 23.2. The maximum absolute atomic E-state index is 14.1. The predicted molar refractivity (Wildman–Crippen MR) is 306 cm³/mol.